The number of aromatic nitrogens is 3. The minimum atomic E-state index is -0.240. The Morgan fingerprint density at radius 1 is 1.36 bits per heavy atom. The van der Waals surface area contributed by atoms with E-state index in [4.69, 9.17) is 16.3 Å². The van der Waals surface area contributed by atoms with Crippen LogP contribution in [0.25, 0.3) is 10.9 Å². The largest absolute Gasteiger partial charge is 0.485 e. The number of nitrogens with zero attached hydrogens (tertiary/aromatic N) is 2. The monoisotopic (exact) mass is 361 g/mol. The molecule has 3 aromatic rings. The molecule has 0 saturated carbocycles. The van der Waals surface area contributed by atoms with E-state index in [1.54, 1.807) is 6.07 Å². The second kappa shape index (κ2) is 6.40. The number of benzene rings is 1. The summed E-state index contributed by atoms with van der Waals surface area (Å²) in [6, 6.07) is 5.11. The molecule has 0 saturated heterocycles. The van der Waals surface area contributed by atoms with Crippen molar-refractivity contribution in [2.24, 2.45) is 0 Å². The van der Waals surface area contributed by atoms with Gasteiger partial charge in [0, 0.05) is 17.6 Å². The van der Waals surface area contributed by atoms with Gasteiger partial charge in [0.2, 0.25) is 11.0 Å². The molecule has 0 fully saturated rings. The maximum Gasteiger partial charge on any atom is 0.226 e. The van der Waals surface area contributed by atoms with Crippen LogP contribution in [-0.2, 0) is 6.42 Å². The van der Waals surface area contributed by atoms with Gasteiger partial charge in [0.1, 0.15) is 12.4 Å². The molecule has 1 aromatic carbocycles. The van der Waals surface area contributed by atoms with Crippen LogP contribution in [0, 0.1) is 12.7 Å². The second-order valence-corrected chi connectivity index (χ2v) is 6.20. The van der Waals surface area contributed by atoms with Gasteiger partial charge in [0.15, 0.2) is 11.6 Å². The fourth-order valence-electron chi connectivity index (χ4n) is 3.12. The average Bonchev–Trinajstić information content (AvgIpc) is 2.92. The number of aromatic amines is 1. The Morgan fingerprint density at radius 2 is 2.24 bits per heavy atom. The Balaban J connectivity index is 1.55. The molecule has 3 heterocycles. The Bertz CT molecular complexity index is 942. The van der Waals surface area contributed by atoms with Gasteiger partial charge in [-0.15, -0.1) is 0 Å². The van der Waals surface area contributed by atoms with Gasteiger partial charge in [-0.25, -0.2) is 4.39 Å². The van der Waals surface area contributed by atoms with Gasteiger partial charge in [0.05, 0.1) is 12.1 Å². The van der Waals surface area contributed by atoms with Crippen LogP contribution in [0.4, 0.5) is 16.0 Å². The fourth-order valence-corrected chi connectivity index (χ4v) is 3.29. The zero-order valence-electron chi connectivity index (χ0n) is 13.6. The topological polar surface area (TPSA) is 74.9 Å². The molecule has 0 atom stereocenters. The third-order valence-corrected chi connectivity index (χ3v) is 4.42. The number of hydrogen-bond acceptors (Lipinski definition) is 5. The van der Waals surface area contributed by atoms with Gasteiger partial charge in [-0.1, -0.05) is 12.1 Å². The first-order valence-corrected chi connectivity index (χ1v) is 8.45. The zero-order chi connectivity index (χ0) is 17.4. The van der Waals surface area contributed by atoms with Gasteiger partial charge in [0.25, 0.3) is 0 Å². The number of halogens is 2. The normalized spacial score (nSPS) is 13.2. The van der Waals surface area contributed by atoms with Crippen molar-refractivity contribution in [1.82, 2.24) is 15.0 Å². The standard InChI is InChI=1S/C17H17ClFN5O/c1-9-10(11-3-2-4-12(19)13(11)22-9)5-6-20-15-14-16(21-7-8-25-14)24-17(18)23-15/h2-4,22H,5-8H2,1H3,(H2,20,21,23,24). The van der Waals surface area contributed by atoms with Crippen LogP contribution in [0.5, 0.6) is 5.75 Å². The van der Waals surface area contributed by atoms with E-state index in [0.717, 1.165) is 16.6 Å². The quantitative estimate of drug-likeness (QED) is 0.620. The summed E-state index contributed by atoms with van der Waals surface area (Å²) in [7, 11) is 0. The average molecular weight is 362 g/mol. The van der Waals surface area contributed by atoms with Crippen LogP contribution in [0.1, 0.15) is 11.3 Å². The number of H-pyrrole nitrogens is 1. The van der Waals surface area contributed by atoms with Gasteiger partial charge in [-0.3, -0.25) is 0 Å². The van der Waals surface area contributed by atoms with E-state index in [2.05, 4.69) is 25.6 Å². The number of hydrogen-bond donors (Lipinski definition) is 3. The molecular weight excluding hydrogens is 345 g/mol. The summed E-state index contributed by atoms with van der Waals surface area (Å²) in [5.74, 6) is 1.50. The van der Waals surface area contributed by atoms with E-state index in [1.165, 1.54) is 6.07 Å². The van der Waals surface area contributed by atoms with E-state index in [0.29, 0.717) is 49.0 Å². The first-order chi connectivity index (χ1) is 12.1. The van der Waals surface area contributed by atoms with E-state index < -0.39 is 0 Å². The van der Waals surface area contributed by atoms with Crippen LogP contribution in [0.2, 0.25) is 5.28 Å². The predicted octanol–water partition coefficient (Wildman–Crippen LogP) is 3.52. The molecule has 0 bridgehead atoms. The zero-order valence-corrected chi connectivity index (χ0v) is 14.4. The van der Waals surface area contributed by atoms with Crippen LogP contribution in [0.15, 0.2) is 18.2 Å². The van der Waals surface area contributed by atoms with Crippen LogP contribution < -0.4 is 15.4 Å². The molecule has 1 aliphatic heterocycles. The molecule has 8 heteroatoms. The first-order valence-electron chi connectivity index (χ1n) is 8.07. The molecule has 130 valence electrons. The molecule has 0 spiro atoms. The van der Waals surface area contributed by atoms with Crippen molar-refractivity contribution < 1.29 is 9.13 Å². The highest BCUT2D eigenvalue weighted by atomic mass is 35.5. The molecule has 0 aliphatic carbocycles. The molecule has 0 unspecified atom stereocenters. The summed E-state index contributed by atoms with van der Waals surface area (Å²) in [5, 5.41) is 7.45. The highest BCUT2D eigenvalue weighted by Crippen LogP contribution is 2.33. The molecule has 25 heavy (non-hydrogen) atoms. The van der Waals surface area contributed by atoms with Gasteiger partial charge in [-0.05, 0) is 36.6 Å². The Kier molecular flexibility index (Phi) is 4.09. The Labute approximate surface area is 148 Å². The van der Waals surface area contributed by atoms with Crippen molar-refractivity contribution in [2.45, 2.75) is 13.3 Å². The smallest absolute Gasteiger partial charge is 0.226 e. The Hall–Kier alpha value is -2.54. The number of anilines is 2. The van der Waals surface area contributed by atoms with E-state index in [-0.39, 0.29) is 11.1 Å². The lowest BCUT2D eigenvalue weighted by molar-refractivity contribution is 0.321. The van der Waals surface area contributed by atoms with Crippen molar-refractivity contribution in [1.29, 1.82) is 0 Å². The minimum Gasteiger partial charge on any atom is -0.485 e. The van der Waals surface area contributed by atoms with Crippen molar-refractivity contribution >= 4 is 34.1 Å². The van der Waals surface area contributed by atoms with Crippen molar-refractivity contribution in [3.8, 4) is 5.75 Å². The molecule has 0 amide bonds. The summed E-state index contributed by atoms with van der Waals surface area (Å²) in [6.07, 6.45) is 0.707. The molecule has 3 N–H and O–H groups in total. The molecular formula is C17H17ClFN5O. The molecule has 1 aliphatic rings. The molecule has 0 radical (unpaired) electrons. The highest BCUT2D eigenvalue weighted by molar-refractivity contribution is 6.28. The summed E-state index contributed by atoms with van der Waals surface area (Å²) in [4.78, 5) is 11.5. The number of para-hydroxylation sites is 1. The van der Waals surface area contributed by atoms with Gasteiger partial charge < -0.3 is 20.4 Å². The maximum atomic E-state index is 13.9. The minimum absolute atomic E-state index is 0.157. The lowest BCUT2D eigenvalue weighted by Crippen LogP contribution is -2.21. The van der Waals surface area contributed by atoms with E-state index >= 15 is 0 Å². The SMILES string of the molecule is Cc1[nH]c2c(F)cccc2c1CCNc1nc(Cl)nc2c1OCCN2. The summed E-state index contributed by atoms with van der Waals surface area (Å²) < 4.78 is 19.5. The lowest BCUT2D eigenvalue weighted by Gasteiger charge is -2.20. The third-order valence-electron chi connectivity index (χ3n) is 4.25. The van der Waals surface area contributed by atoms with Crippen LogP contribution in [-0.4, -0.2) is 34.6 Å². The number of fused-ring (bicyclic) bond motifs is 2. The van der Waals surface area contributed by atoms with Gasteiger partial charge in [-0.2, -0.15) is 9.97 Å². The summed E-state index contributed by atoms with van der Waals surface area (Å²) in [6.45, 7) is 3.78. The summed E-state index contributed by atoms with van der Waals surface area (Å²) >= 11 is 5.98. The number of rotatable bonds is 4. The molecule has 4 rings (SSSR count). The predicted molar refractivity (Wildman–Crippen MR) is 96.2 cm³/mol. The molecule has 2 aromatic heterocycles. The number of ether oxygens (including phenoxy) is 1. The first kappa shape index (κ1) is 16.0. The number of nitrogens with one attached hydrogen (secondary N) is 3. The number of aryl methyl sites for hydroxylation is 1. The van der Waals surface area contributed by atoms with Gasteiger partial charge >= 0.3 is 0 Å². The van der Waals surface area contributed by atoms with Crippen LogP contribution >= 0.6 is 11.6 Å². The van der Waals surface area contributed by atoms with E-state index in [9.17, 15) is 4.39 Å². The highest BCUT2D eigenvalue weighted by Gasteiger charge is 2.19. The third kappa shape index (κ3) is 2.95. The summed E-state index contributed by atoms with van der Waals surface area (Å²) in [5.41, 5.74) is 2.59. The van der Waals surface area contributed by atoms with Crippen LogP contribution in [0.3, 0.4) is 0 Å². The van der Waals surface area contributed by atoms with Crippen molar-refractivity contribution in [3.05, 3.63) is 40.6 Å². The Morgan fingerprint density at radius 3 is 3.12 bits per heavy atom. The van der Waals surface area contributed by atoms with Crippen molar-refractivity contribution in [3.63, 3.8) is 0 Å². The maximum absolute atomic E-state index is 13.9. The van der Waals surface area contributed by atoms with E-state index in [1.807, 2.05) is 13.0 Å². The lowest BCUT2D eigenvalue weighted by atomic mass is 10.1. The fraction of sp³-hybridized carbons (Fsp3) is 0.294. The second-order valence-electron chi connectivity index (χ2n) is 5.86. The van der Waals surface area contributed by atoms with Crippen molar-refractivity contribution in [2.75, 3.05) is 30.3 Å². The molecule has 6 nitrogen and oxygen atoms in total.